The molecule has 1 aromatic rings. The third kappa shape index (κ3) is 3.26. The molecule has 0 aromatic carbocycles. The molecule has 18 heavy (non-hydrogen) atoms. The first-order valence-electron chi connectivity index (χ1n) is 6.77. The van der Waals surface area contributed by atoms with Crippen molar-refractivity contribution in [1.29, 1.82) is 0 Å². The van der Waals surface area contributed by atoms with Gasteiger partial charge in [0.05, 0.1) is 11.8 Å². The molecule has 2 rings (SSSR count). The van der Waals surface area contributed by atoms with Gasteiger partial charge in [0.1, 0.15) is 0 Å². The van der Waals surface area contributed by atoms with Gasteiger partial charge in [-0.15, -0.1) is 0 Å². The fraction of sp³-hybridized carbons (Fsp3) is 0.846. The Labute approximate surface area is 113 Å². The summed E-state index contributed by atoms with van der Waals surface area (Å²) in [5.41, 5.74) is 0.193. The topological polar surface area (TPSA) is 51.0 Å². The molecular formula is C13H23N3OS. The van der Waals surface area contributed by atoms with Gasteiger partial charge in [-0.25, -0.2) is 0 Å². The van der Waals surface area contributed by atoms with Crippen LogP contribution in [0.1, 0.15) is 57.8 Å². The van der Waals surface area contributed by atoms with E-state index in [-0.39, 0.29) is 11.5 Å². The lowest BCUT2D eigenvalue weighted by atomic mass is 9.77. The van der Waals surface area contributed by atoms with Crippen molar-refractivity contribution in [2.75, 3.05) is 12.3 Å². The summed E-state index contributed by atoms with van der Waals surface area (Å²) in [6, 6.07) is 0.198. The van der Waals surface area contributed by atoms with Crippen LogP contribution in [0.3, 0.4) is 0 Å². The predicted octanol–water partition coefficient (Wildman–Crippen LogP) is 3.16. The first-order chi connectivity index (χ1) is 8.63. The number of aromatic nitrogens is 2. The van der Waals surface area contributed by atoms with Crippen LogP contribution >= 0.6 is 11.8 Å². The molecule has 1 atom stereocenters. The van der Waals surface area contributed by atoms with Gasteiger partial charge in [-0.1, -0.05) is 25.9 Å². The van der Waals surface area contributed by atoms with Crippen molar-refractivity contribution < 1.29 is 4.52 Å². The number of nitrogens with zero attached hydrogens (tertiary/aromatic N) is 2. The highest BCUT2D eigenvalue weighted by Crippen LogP contribution is 2.39. The zero-order valence-corrected chi connectivity index (χ0v) is 12.3. The van der Waals surface area contributed by atoms with E-state index in [1.807, 2.05) is 11.8 Å². The Morgan fingerprint density at radius 1 is 1.50 bits per heavy atom. The molecule has 102 valence electrons. The molecular weight excluding hydrogens is 246 g/mol. The molecule has 0 bridgehead atoms. The van der Waals surface area contributed by atoms with Crippen molar-refractivity contribution in [1.82, 2.24) is 15.5 Å². The second-order valence-electron chi connectivity index (χ2n) is 5.58. The smallest absolute Gasteiger partial charge is 0.244 e. The average Bonchev–Trinajstić information content (AvgIpc) is 2.77. The summed E-state index contributed by atoms with van der Waals surface area (Å²) in [7, 11) is 0. The van der Waals surface area contributed by atoms with Gasteiger partial charge in [0.2, 0.25) is 5.89 Å². The standard InChI is InChI=1S/C13H23N3OS/c1-4-8-18-9-10-15-12(17-16-10)11-13(2,3)6-5-7-14-11/h11,14H,4-9H2,1-3H3. The molecule has 1 saturated heterocycles. The van der Waals surface area contributed by atoms with Gasteiger partial charge < -0.3 is 9.84 Å². The molecule has 1 fully saturated rings. The zero-order valence-electron chi connectivity index (χ0n) is 11.5. The summed E-state index contributed by atoms with van der Waals surface area (Å²) in [5, 5.41) is 7.59. The molecule has 2 heterocycles. The van der Waals surface area contributed by atoms with Crippen LogP contribution in [0, 0.1) is 5.41 Å². The first-order valence-corrected chi connectivity index (χ1v) is 7.92. The Morgan fingerprint density at radius 3 is 3.06 bits per heavy atom. The Kier molecular flexibility index (Phi) is 4.67. The lowest BCUT2D eigenvalue weighted by molar-refractivity contribution is 0.146. The minimum Gasteiger partial charge on any atom is -0.338 e. The van der Waals surface area contributed by atoms with E-state index in [0.717, 1.165) is 29.8 Å². The summed E-state index contributed by atoms with van der Waals surface area (Å²) < 4.78 is 5.43. The van der Waals surface area contributed by atoms with Gasteiger partial charge in [0, 0.05) is 0 Å². The summed E-state index contributed by atoms with van der Waals surface area (Å²) in [6.07, 6.45) is 3.61. The van der Waals surface area contributed by atoms with Crippen LogP contribution in [0.15, 0.2) is 4.52 Å². The zero-order chi connectivity index (χ0) is 13.0. The molecule has 0 saturated carbocycles. The molecule has 1 N–H and O–H groups in total. The highest BCUT2D eigenvalue weighted by Gasteiger charge is 2.36. The van der Waals surface area contributed by atoms with Crippen LogP contribution in [-0.2, 0) is 5.75 Å². The van der Waals surface area contributed by atoms with E-state index < -0.39 is 0 Å². The molecule has 1 unspecified atom stereocenters. The maximum absolute atomic E-state index is 5.43. The summed E-state index contributed by atoms with van der Waals surface area (Å²) >= 11 is 1.86. The Bertz CT molecular complexity index is 378. The Hall–Kier alpha value is -0.550. The molecule has 0 amide bonds. The van der Waals surface area contributed by atoms with Gasteiger partial charge >= 0.3 is 0 Å². The van der Waals surface area contributed by atoms with Crippen LogP contribution in [0.5, 0.6) is 0 Å². The fourth-order valence-corrected chi connectivity index (χ4v) is 3.12. The van der Waals surface area contributed by atoms with Gasteiger partial charge in [0.25, 0.3) is 0 Å². The largest absolute Gasteiger partial charge is 0.338 e. The molecule has 4 nitrogen and oxygen atoms in total. The quantitative estimate of drug-likeness (QED) is 0.832. The maximum atomic E-state index is 5.43. The minimum absolute atomic E-state index is 0.193. The van der Waals surface area contributed by atoms with Gasteiger partial charge in [-0.3, -0.25) is 0 Å². The third-order valence-electron chi connectivity index (χ3n) is 3.44. The summed E-state index contributed by atoms with van der Waals surface area (Å²) in [5.74, 6) is 3.58. The maximum Gasteiger partial charge on any atom is 0.244 e. The van der Waals surface area contributed by atoms with Crippen LogP contribution in [0.4, 0.5) is 0 Å². The van der Waals surface area contributed by atoms with E-state index in [1.165, 1.54) is 19.3 Å². The summed E-state index contributed by atoms with van der Waals surface area (Å²) in [4.78, 5) is 4.54. The highest BCUT2D eigenvalue weighted by atomic mass is 32.2. The number of piperidine rings is 1. The van der Waals surface area contributed by atoms with Crippen molar-refractivity contribution in [2.24, 2.45) is 5.41 Å². The second-order valence-corrected chi connectivity index (χ2v) is 6.69. The van der Waals surface area contributed by atoms with Crippen molar-refractivity contribution in [3.63, 3.8) is 0 Å². The molecule has 1 aliphatic rings. The van der Waals surface area contributed by atoms with Crippen molar-refractivity contribution in [3.8, 4) is 0 Å². The van der Waals surface area contributed by atoms with Gasteiger partial charge in [0.15, 0.2) is 5.82 Å². The lowest BCUT2D eigenvalue weighted by Gasteiger charge is -2.36. The Morgan fingerprint density at radius 2 is 2.33 bits per heavy atom. The minimum atomic E-state index is 0.193. The molecule has 1 aromatic heterocycles. The van der Waals surface area contributed by atoms with E-state index >= 15 is 0 Å². The fourth-order valence-electron chi connectivity index (χ4n) is 2.38. The first kappa shape index (κ1) is 13.9. The van der Waals surface area contributed by atoms with E-state index in [4.69, 9.17) is 4.52 Å². The predicted molar refractivity (Wildman–Crippen MR) is 74.5 cm³/mol. The number of thioether (sulfide) groups is 1. The number of rotatable bonds is 5. The van der Waals surface area contributed by atoms with Gasteiger partial charge in [-0.2, -0.15) is 16.7 Å². The van der Waals surface area contributed by atoms with Crippen LogP contribution in [-0.4, -0.2) is 22.4 Å². The molecule has 0 radical (unpaired) electrons. The van der Waals surface area contributed by atoms with Crippen molar-refractivity contribution in [3.05, 3.63) is 11.7 Å². The summed E-state index contributed by atoms with van der Waals surface area (Å²) in [6.45, 7) is 7.75. The Balaban J connectivity index is 2.00. The number of hydrogen-bond acceptors (Lipinski definition) is 5. The van der Waals surface area contributed by atoms with E-state index in [1.54, 1.807) is 0 Å². The average molecular weight is 269 g/mol. The monoisotopic (exact) mass is 269 g/mol. The van der Waals surface area contributed by atoms with E-state index in [0.29, 0.717) is 0 Å². The van der Waals surface area contributed by atoms with Crippen molar-refractivity contribution in [2.45, 2.75) is 51.8 Å². The van der Waals surface area contributed by atoms with Crippen LogP contribution < -0.4 is 5.32 Å². The number of nitrogens with one attached hydrogen (secondary N) is 1. The molecule has 5 heteroatoms. The lowest BCUT2D eigenvalue weighted by Crippen LogP contribution is -2.39. The van der Waals surface area contributed by atoms with Crippen LogP contribution in [0.2, 0.25) is 0 Å². The van der Waals surface area contributed by atoms with Crippen molar-refractivity contribution >= 4 is 11.8 Å². The van der Waals surface area contributed by atoms with E-state index in [2.05, 4.69) is 36.2 Å². The highest BCUT2D eigenvalue weighted by molar-refractivity contribution is 7.98. The van der Waals surface area contributed by atoms with Crippen LogP contribution in [0.25, 0.3) is 0 Å². The third-order valence-corrected chi connectivity index (χ3v) is 4.60. The SMILES string of the molecule is CCCSCc1noc(C2NCCCC2(C)C)n1. The van der Waals surface area contributed by atoms with Gasteiger partial charge in [-0.05, 0) is 37.0 Å². The van der Waals surface area contributed by atoms with E-state index in [9.17, 15) is 0 Å². The molecule has 1 aliphatic heterocycles. The second kappa shape index (κ2) is 6.06. The molecule has 0 aliphatic carbocycles. The number of hydrogen-bond donors (Lipinski definition) is 1. The normalized spacial score (nSPS) is 23.2. The molecule has 0 spiro atoms.